The van der Waals surface area contributed by atoms with Gasteiger partial charge in [0.25, 0.3) is 0 Å². The number of nitrogens with zero attached hydrogens (tertiary/aromatic N) is 3. The molecule has 1 aromatic rings. The maximum absolute atomic E-state index is 11.7. The molecule has 0 unspecified atom stereocenters. The molecule has 0 atom stereocenters. The Hall–Kier alpha value is -1.64. The van der Waals surface area contributed by atoms with Crippen molar-refractivity contribution in [3.8, 4) is 0 Å². The third kappa shape index (κ3) is 2.13. The molecule has 16 heavy (non-hydrogen) atoms. The number of carboxylic acid groups (broad SMARTS) is 1. The summed E-state index contributed by atoms with van der Waals surface area (Å²) in [6.07, 6.45) is 0. The minimum Gasteiger partial charge on any atom is -0.480 e. The molecule has 9 heteroatoms. The number of aromatic nitrogens is 3. The molecular formula is C7H12N4O4S. The van der Waals surface area contributed by atoms with Crippen LogP contribution in [0.5, 0.6) is 0 Å². The minimum atomic E-state index is -3.63. The predicted octanol–water partition coefficient (Wildman–Crippen LogP) is -0.873. The number of hydrogen-bond donors (Lipinski definition) is 2. The van der Waals surface area contributed by atoms with Gasteiger partial charge in [0.05, 0.1) is 5.25 Å². The number of carboxylic acids is 1. The number of carbonyl (C=O) groups is 1. The Labute approximate surface area is 92.0 Å². The Balaban J connectivity index is 3.20. The third-order valence-electron chi connectivity index (χ3n) is 1.92. The largest absolute Gasteiger partial charge is 0.480 e. The first-order chi connectivity index (χ1) is 7.26. The molecule has 0 saturated carbocycles. The van der Waals surface area contributed by atoms with Crippen molar-refractivity contribution in [2.75, 3.05) is 5.73 Å². The molecule has 1 rings (SSSR count). The fourth-order valence-electron chi connectivity index (χ4n) is 0.975. The second kappa shape index (κ2) is 4.08. The van der Waals surface area contributed by atoms with E-state index in [0.29, 0.717) is 0 Å². The topological polar surface area (TPSA) is 128 Å². The lowest BCUT2D eigenvalue weighted by molar-refractivity contribution is -0.137. The first kappa shape index (κ1) is 12.4. The highest BCUT2D eigenvalue weighted by Gasteiger charge is 2.27. The van der Waals surface area contributed by atoms with Gasteiger partial charge in [-0.05, 0) is 13.8 Å². The van der Waals surface area contributed by atoms with Gasteiger partial charge in [-0.25, -0.2) is 13.1 Å². The second-order valence-corrected chi connectivity index (χ2v) is 5.84. The monoisotopic (exact) mass is 248 g/mol. The predicted molar refractivity (Wildman–Crippen MR) is 54.4 cm³/mol. The molecule has 1 aromatic heterocycles. The number of sulfone groups is 1. The van der Waals surface area contributed by atoms with E-state index in [1.54, 1.807) is 0 Å². The van der Waals surface area contributed by atoms with E-state index in [4.69, 9.17) is 10.8 Å². The van der Waals surface area contributed by atoms with Gasteiger partial charge in [-0.3, -0.25) is 4.79 Å². The van der Waals surface area contributed by atoms with Crippen molar-refractivity contribution in [1.82, 2.24) is 15.0 Å². The van der Waals surface area contributed by atoms with Crippen LogP contribution in [-0.4, -0.2) is 39.7 Å². The van der Waals surface area contributed by atoms with Crippen molar-refractivity contribution in [2.45, 2.75) is 30.7 Å². The quantitative estimate of drug-likeness (QED) is 0.708. The van der Waals surface area contributed by atoms with Crippen molar-refractivity contribution < 1.29 is 18.3 Å². The summed E-state index contributed by atoms with van der Waals surface area (Å²) in [6, 6.07) is 0. The van der Waals surface area contributed by atoms with E-state index in [2.05, 4.69) is 10.3 Å². The Morgan fingerprint density at radius 1 is 1.56 bits per heavy atom. The van der Waals surface area contributed by atoms with Gasteiger partial charge in [0.1, 0.15) is 6.54 Å². The Morgan fingerprint density at radius 2 is 2.12 bits per heavy atom. The van der Waals surface area contributed by atoms with Gasteiger partial charge in [-0.2, -0.15) is 0 Å². The normalized spacial score (nSPS) is 11.9. The zero-order chi connectivity index (χ0) is 12.5. The summed E-state index contributed by atoms with van der Waals surface area (Å²) in [5, 5.41) is 14.2. The van der Waals surface area contributed by atoms with Gasteiger partial charge in [-0.15, -0.1) is 5.10 Å². The Morgan fingerprint density at radius 3 is 2.56 bits per heavy atom. The van der Waals surface area contributed by atoms with Crippen molar-refractivity contribution >= 4 is 21.6 Å². The Bertz CT molecular complexity index is 504. The van der Waals surface area contributed by atoms with E-state index in [9.17, 15) is 13.2 Å². The molecule has 0 spiro atoms. The van der Waals surface area contributed by atoms with Crippen LogP contribution in [0.3, 0.4) is 0 Å². The van der Waals surface area contributed by atoms with E-state index in [1.165, 1.54) is 13.8 Å². The Kier molecular flexibility index (Phi) is 3.17. The SMILES string of the molecule is CC(C)S(=O)(=O)c1nnn(CC(=O)O)c1N. The molecule has 0 fully saturated rings. The van der Waals surface area contributed by atoms with Crippen LogP contribution in [-0.2, 0) is 21.2 Å². The van der Waals surface area contributed by atoms with Gasteiger partial charge >= 0.3 is 5.97 Å². The maximum Gasteiger partial charge on any atom is 0.325 e. The molecule has 3 N–H and O–H groups in total. The van der Waals surface area contributed by atoms with Crippen molar-refractivity contribution in [3.05, 3.63) is 0 Å². The van der Waals surface area contributed by atoms with Crippen LogP contribution in [0.1, 0.15) is 13.8 Å². The zero-order valence-corrected chi connectivity index (χ0v) is 9.60. The summed E-state index contributed by atoms with van der Waals surface area (Å²) < 4.78 is 24.2. The summed E-state index contributed by atoms with van der Waals surface area (Å²) in [7, 11) is -3.63. The molecule has 0 aliphatic rings. The number of hydrogen-bond acceptors (Lipinski definition) is 6. The summed E-state index contributed by atoms with van der Waals surface area (Å²) in [6.45, 7) is 2.43. The average Bonchev–Trinajstić information content (AvgIpc) is 2.47. The molecule has 8 nitrogen and oxygen atoms in total. The molecule has 0 aliphatic heterocycles. The van der Waals surface area contributed by atoms with Gasteiger partial charge < -0.3 is 10.8 Å². The van der Waals surface area contributed by atoms with E-state index in [0.717, 1.165) is 4.68 Å². The highest BCUT2D eigenvalue weighted by molar-refractivity contribution is 7.92. The third-order valence-corrected chi connectivity index (χ3v) is 3.99. The van der Waals surface area contributed by atoms with Crippen LogP contribution < -0.4 is 5.73 Å². The average molecular weight is 248 g/mol. The van der Waals surface area contributed by atoms with Gasteiger partial charge in [-0.1, -0.05) is 5.21 Å². The lowest BCUT2D eigenvalue weighted by Gasteiger charge is -2.04. The van der Waals surface area contributed by atoms with E-state index < -0.39 is 27.6 Å². The van der Waals surface area contributed by atoms with Crippen LogP contribution in [0.25, 0.3) is 0 Å². The van der Waals surface area contributed by atoms with Crippen molar-refractivity contribution in [1.29, 1.82) is 0 Å². The smallest absolute Gasteiger partial charge is 0.325 e. The van der Waals surface area contributed by atoms with Crippen molar-refractivity contribution in [3.63, 3.8) is 0 Å². The lowest BCUT2D eigenvalue weighted by atomic mass is 10.6. The van der Waals surface area contributed by atoms with Gasteiger partial charge in [0.15, 0.2) is 5.82 Å². The first-order valence-electron chi connectivity index (χ1n) is 4.41. The van der Waals surface area contributed by atoms with Gasteiger partial charge in [0, 0.05) is 0 Å². The van der Waals surface area contributed by atoms with E-state index in [1.807, 2.05) is 0 Å². The molecule has 90 valence electrons. The lowest BCUT2D eigenvalue weighted by Crippen LogP contribution is -2.17. The molecule has 0 amide bonds. The fraction of sp³-hybridized carbons (Fsp3) is 0.571. The maximum atomic E-state index is 11.7. The molecule has 0 radical (unpaired) electrons. The first-order valence-corrected chi connectivity index (χ1v) is 5.96. The van der Waals surface area contributed by atoms with Crippen LogP contribution in [0.15, 0.2) is 5.03 Å². The molecular weight excluding hydrogens is 236 g/mol. The van der Waals surface area contributed by atoms with Crippen molar-refractivity contribution in [2.24, 2.45) is 0 Å². The van der Waals surface area contributed by atoms with Gasteiger partial charge in [0.2, 0.25) is 14.9 Å². The molecule has 0 saturated heterocycles. The summed E-state index contributed by atoms with van der Waals surface area (Å²) in [5.41, 5.74) is 5.47. The number of nitrogens with two attached hydrogens (primary N) is 1. The van der Waals surface area contributed by atoms with E-state index in [-0.39, 0.29) is 10.8 Å². The molecule has 0 bridgehead atoms. The number of nitrogen functional groups attached to an aromatic ring is 1. The fourth-order valence-corrected chi connectivity index (χ4v) is 1.97. The van der Waals surface area contributed by atoms with Crippen LogP contribution in [0.2, 0.25) is 0 Å². The van der Waals surface area contributed by atoms with Crippen LogP contribution >= 0.6 is 0 Å². The number of aliphatic carboxylic acids is 1. The van der Waals surface area contributed by atoms with E-state index >= 15 is 0 Å². The standard InChI is InChI=1S/C7H12N4O4S/c1-4(2)16(14,15)7-6(8)11(10-9-7)3-5(12)13/h4H,3,8H2,1-2H3,(H,12,13). The number of rotatable bonds is 4. The molecule has 0 aromatic carbocycles. The minimum absolute atomic E-state index is 0.254. The summed E-state index contributed by atoms with van der Waals surface area (Å²) >= 11 is 0. The summed E-state index contributed by atoms with van der Waals surface area (Å²) in [4.78, 5) is 10.4. The number of anilines is 1. The van der Waals surface area contributed by atoms with Crippen LogP contribution in [0, 0.1) is 0 Å². The zero-order valence-electron chi connectivity index (χ0n) is 8.78. The summed E-state index contributed by atoms with van der Waals surface area (Å²) in [5.74, 6) is -1.43. The molecule has 0 aliphatic carbocycles. The second-order valence-electron chi connectivity index (χ2n) is 3.42. The highest BCUT2D eigenvalue weighted by atomic mass is 32.2. The highest BCUT2D eigenvalue weighted by Crippen LogP contribution is 2.19. The molecule has 1 heterocycles. The van der Waals surface area contributed by atoms with Crippen LogP contribution in [0.4, 0.5) is 5.82 Å².